The van der Waals surface area contributed by atoms with Gasteiger partial charge in [-0.2, -0.15) is 0 Å². The fourth-order valence-electron chi connectivity index (χ4n) is 3.27. The van der Waals surface area contributed by atoms with E-state index in [1.807, 2.05) is 41.3 Å². The molecule has 0 saturated carbocycles. The monoisotopic (exact) mass is 382 g/mol. The summed E-state index contributed by atoms with van der Waals surface area (Å²) in [5.74, 6) is 0.379. The van der Waals surface area contributed by atoms with E-state index in [1.54, 1.807) is 6.07 Å². The first-order valence-electron chi connectivity index (χ1n) is 9.63. The van der Waals surface area contributed by atoms with Crippen LogP contribution in [0.15, 0.2) is 48.5 Å². The molecule has 0 atom stereocenters. The third-order valence-corrected chi connectivity index (χ3v) is 5.06. The molecule has 0 aliphatic carbocycles. The van der Waals surface area contributed by atoms with Crippen LogP contribution >= 0.6 is 12.2 Å². The van der Waals surface area contributed by atoms with Crippen molar-refractivity contribution >= 4 is 28.9 Å². The normalized spacial score (nSPS) is 12.6. The van der Waals surface area contributed by atoms with Gasteiger partial charge in [-0.05, 0) is 48.8 Å². The van der Waals surface area contributed by atoms with Crippen LogP contribution in [0.25, 0.3) is 0 Å². The number of hydrogen-bond acceptors (Lipinski definition) is 3. The lowest BCUT2D eigenvalue weighted by atomic mass is 10.2. The van der Waals surface area contributed by atoms with E-state index in [0.29, 0.717) is 23.0 Å². The van der Waals surface area contributed by atoms with Gasteiger partial charge in [0.05, 0.1) is 12.2 Å². The minimum atomic E-state index is -0.228. The molecule has 0 saturated heterocycles. The largest absolute Gasteiger partial charge is 0.493 e. The van der Waals surface area contributed by atoms with E-state index in [4.69, 9.17) is 17.0 Å². The number of nitrogens with one attached hydrogen (secondary N) is 1. The maximum atomic E-state index is 12.8. The number of unbranched alkanes of at least 4 members (excludes halogenated alkanes) is 3. The molecular formula is C22H26N2O2S. The van der Waals surface area contributed by atoms with Crippen molar-refractivity contribution in [3.05, 3.63) is 59.7 Å². The van der Waals surface area contributed by atoms with Crippen LogP contribution in [0.1, 0.15) is 48.5 Å². The van der Waals surface area contributed by atoms with Crippen molar-refractivity contribution in [1.82, 2.24) is 5.32 Å². The molecule has 1 N–H and O–H groups in total. The summed E-state index contributed by atoms with van der Waals surface area (Å²) in [5, 5.41) is 3.30. The van der Waals surface area contributed by atoms with Crippen molar-refractivity contribution in [1.29, 1.82) is 0 Å². The lowest BCUT2D eigenvalue weighted by Crippen LogP contribution is -2.42. The Morgan fingerprint density at radius 3 is 2.74 bits per heavy atom. The van der Waals surface area contributed by atoms with Crippen molar-refractivity contribution in [2.24, 2.45) is 0 Å². The van der Waals surface area contributed by atoms with E-state index >= 15 is 0 Å². The molecule has 2 aromatic rings. The number of rotatable bonds is 7. The Balaban J connectivity index is 1.62. The summed E-state index contributed by atoms with van der Waals surface area (Å²) in [6, 6.07) is 15.5. The molecule has 4 nitrogen and oxygen atoms in total. The minimum absolute atomic E-state index is 0.228. The van der Waals surface area contributed by atoms with Gasteiger partial charge in [-0.1, -0.05) is 56.5 Å². The highest BCUT2D eigenvalue weighted by molar-refractivity contribution is 7.80. The maximum absolute atomic E-state index is 12.8. The molecule has 2 aromatic carbocycles. The summed E-state index contributed by atoms with van der Waals surface area (Å²) in [6.45, 7) is 3.59. The standard InChI is InChI=1S/C22H26N2O2S/c1-2-3-4-9-16-26-20-13-8-6-11-18(20)21(25)23-22(27)24-15-14-17-10-5-7-12-19(17)24/h5-8,10-13H,2-4,9,14-16H2,1H3,(H,23,25,27). The second kappa shape index (κ2) is 9.51. The number of thiocarbonyl (C=S) groups is 1. The minimum Gasteiger partial charge on any atom is -0.493 e. The quantitative estimate of drug-likeness (QED) is 0.556. The number of hydrogen-bond donors (Lipinski definition) is 1. The zero-order valence-corrected chi connectivity index (χ0v) is 16.6. The van der Waals surface area contributed by atoms with Gasteiger partial charge in [-0.25, -0.2) is 0 Å². The Kier molecular flexibility index (Phi) is 6.82. The Hall–Kier alpha value is -2.40. The first-order valence-corrected chi connectivity index (χ1v) is 10.0. The summed E-state index contributed by atoms with van der Waals surface area (Å²) < 4.78 is 5.85. The molecular weight excluding hydrogens is 356 g/mol. The highest BCUT2D eigenvalue weighted by atomic mass is 32.1. The van der Waals surface area contributed by atoms with Gasteiger partial charge in [0.15, 0.2) is 5.11 Å². The van der Waals surface area contributed by atoms with Gasteiger partial charge in [-0.3, -0.25) is 10.1 Å². The summed E-state index contributed by atoms with van der Waals surface area (Å²) in [5.41, 5.74) is 2.84. The SMILES string of the molecule is CCCCCCOc1ccccc1C(=O)NC(=S)N1CCc2ccccc21. The zero-order valence-electron chi connectivity index (χ0n) is 15.7. The first-order chi connectivity index (χ1) is 13.2. The van der Waals surface area contributed by atoms with Gasteiger partial charge in [0.25, 0.3) is 5.91 Å². The third kappa shape index (κ3) is 4.86. The van der Waals surface area contributed by atoms with Crippen LogP contribution in [0.2, 0.25) is 0 Å². The molecule has 0 radical (unpaired) electrons. The lowest BCUT2D eigenvalue weighted by molar-refractivity contribution is 0.0973. The lowest BCUT2D eigenvalue weighted by Gasteiger charge is -2.21. The first kappa shape index (κ1) is 19.4. The number of ether oxygens (including phenoxy) is 1. The average molecular weight is 383 g/mol. The Labute approximate surface area is 166 Å². The number of para-hydroxylation sites is 2. The predicted molar refractivity (Wildman–Crippen MR) is 114 cm³/mol. The van der Waals surface area contributed by atoms with Crippen LogP contribution in [0.3, 0.4) is 0 Å². The molecule has 5 heteroatoms. The fraction of sp³-hybridized carbons (Fsp3) is 0.364. The molecule has 0 unspecified atom stereocenters. The number of fused-ring (bicyclic) bond motifs is 1. The number of anilines is 1. The topological polar surface area (TPSA) is 41.6 Å². The Morgan fingerprint density at radius 1 is 1.11 bits per heavy atom. The molecule has 0 aromatic heterocycles. The molecule has 27 heavy (non-hydrogen) atoms. The highest BCUT2D eigenvalue weighted by Crippen LogP contribution is 2.27. The molecule has 1 aliphatic rings. The smallest absolute Gasteiger partial charge is 0.261 e. The van der Waals surface area contributed by atoms with Crippen molar-refractivity contribution in [2.45, 2.75) is 39.0 Å². The molecule has 0 fully saturated rings. The van der Waals surface area contributed by atoms with Crippen LogP contribution in [0, 0.1) is 0 Å². The van der Waals surface area contributed by atoms with E-state index in [0.717, 1.165) is 31.5 Å². The Morgan fingerprint density at radius 2 is 1.89 bits per heavy atom. The fourth-order valence-corrected chi connectivity index (χ4v) is 3.55. The Bertz CT molecular complexity index is 806. The maximum Gasteiger partial charge on any atom is 0.261 e. The number of carbonyl (C=O) groups is 1. The number of nitrogens with zero attached hydrogens (tertiary/aromatic N) is 1. The van der Waals surface area contributed by atoms with Gasteiger partial charge >= 0.3 is 0 Å². The molecule has 1 amide bonds. The van der Waals surface area contributed by atoms with Crippen LogP contribution < -0.4 is 15.0 Å². The molecule has 142 valence electrons. The van der Waals surface area contributed by atoms with Gasteiger partial charge in [0, 0.05) is 12.2 Å². The summed E-state index contributed by atoms with van der Waals surface area (Å²) >= 11 is 5.50. The third-order valence-electron chi connectivity index (χ3n) is 4.74. The molecule has 1 heterocycles. The van der Waals surface area contributed by atoms with Crippen molar-refractivity contribution in [3.63, 3.8) is 0 Å². The van der Waals surface area contributed by atoms with Gasteiger partial charge in [0.1, 0.15) is 5.75 Å². The van der Waals surface area contributed by atoms with E-state index < -0.39 is 0 Å². The highest BCUT2D eigenvalue weighted by Gasteiger charge is 2.23. The van der Waals surface area contributed by atoms with E-state index in [-0.39, 0.29) is 5.91 Å². The summed E-state index contributed by atoms with van der Waals surface area (Å²) in [7, 11) is 0. The van der Waals surface area contributed by atoms with Gasteiger partial charge in [0.2, 0.25) is 0 Å². The number of benzene rings is 2. The zero-order chi connectivity index (χ0) is 19.1. The second-order valence-corrected chi connectivity index (χ2v) is 7.08. The number of carbonyl (C=O) groups excluding carboxylic acids is 1. The average Bonchev–Trinajstić information content (AvgIpc) is 3.12. The predicted octanol–water partition coefficient (Wildman–Crippen LogP) is 4.72. The van der Waals surface area contributed by atoms with Crippen LogP contribution in [0.4, 0.5) is 5.69 Å². The van der Waals surface area contributed by atoms with Gasteiger partial charge < -0.3 is 9.64 Å². The van der Waals surface area contributed by atoms with Crippen molar-refractivity contribution < 1.29 is 9.53 Å². The van der Waals surface area contributed by atoms with Crippen LogP contribution in [0.5, 0.6) is 5.75 Å². The molecule has 0 spiro atoms. The van der Waals surface area contributed by atoms with Crippen LogP contribution in [-0.2, 0) is 6.42 Å². The van der Waals surface area contributed by atoms with Crippen LogP contribution in [-0.4, -0.2) is 24.2 Å². The molecule has 3 rings (SSSR count). The van der Waals surface area contributed by atoms with Gasteiger partial charge in [-0.15, -0.1) is 0 Å². The van der Waals surface area contributed by atoms with Crippen molar-refractivity contribution in [3.8, 4) is 5.75 Å². The van der Waals surface area contributed by atoms with E-state index in [9.17, 15) is 4.79 Å². The van der Waals surface area contributed by atoms with Crippen molar-refractivity contribution in [2.75, 3.05) is 18.1 Å². The van der Waals surface area contributed by atoms with E-state index in [1.165, 1.54) is 18.4 Å². The number of amides is 1. The summed E-state index contributed by atoms with van der Waals surface area (Å²) in [6.07, 6.45) is 5.47. The summed E-state index contributed by atoms with van der Waals surface area (Å²) in [4.78, 5) is 14.8. The second-order valence-electron chi connectivity index (χ2n) is 6.69. The molecule has 0 bridgehead atoms. The molecule has 1 aliphatic heterocycles. The van der Waals surface area contributed by atoms with E-state index in [2.05, 4.69) is 18.3 Å².